The summed E-state index contributed by atoms with van der Waals surface area (Å²) >= 11 is 0. The van der Waals surface area contributed by atoms with Crippen molar-refractivity contribution in [3.05, 3.63) is 29.3 Å². The van der Waals surface area contributed by atoms with Crippen LogP contribution in [0.1, 0.15) is 36.8 Å². The van der Waals surface area contributed by atoms with Gasteiger partial charge in [-0.15, -0.1) is 0 Å². The van der Waals surface area contributed by atoms with E-state index in [0.717, 1.165) is 37.8 Å². The number of carbonyl (C=O) groups excluding carboxylic acids is 1. The molecule has 5 nitrogen and oxygen atoms in total. The van der Waals surface area contributed by atoms with Crippen LogP contribution in [0.2, 0.25) is 0 Å². The fourth-order valence-corrected chi connectivity index (χ4v) is 3.20. The minimum Gasteiger partial charge on any atom is -0.388 e. The van der Waals surface area contributed by atoms with E-state index in [4.69, 9.17) is 0 Å². The number of rotatable bonds is 4. The summed E-state index contributed by atoms with van der Waals surface area (Å²) in [5, 5.41) is 15.6. The second-order valence-electron chi connectivity index (χ2n) is 6.60. The average Bonchev–Trinajstić information content (AvgIpc) is 2.49. The molecule has 0 atom stereocenters. The Balaban J connectivity index is 1.50. The van der Waals surface area contributed by atoms with E-state index in [2.05, 4.69) is 40.8 Å². The van der Waals surface area contributed by atoms with Gasteiger partial charge in [0.2, 0.25) is 0 Å². The standard InChI is InChI=1S/C17H25N3O2/c1-20-9-2-4-14-10-13(5-6-15(14)20)11-18-16(21)19-12-17(22)7-3-8-17/h5-6,10,22H,2-4,7-9,11-12H2,1H3,(H2,18,19,21). The number of fused-ring (bicyclic) bond motifs is 1. The fourth-order valence-electron chi connectivity index (χ4n) is 3.20. The van der Waals surface area contributed by atoms with Gasteiger partial charge in [-0.25, -0.2) is 4.79 Å². The lowest BCUT2D eigenvalue weighted by Gasteiger charge is -2.36. The molecule has 0 bridgehead atoms. The number of hydrogen-bond acceptors (Lipinski definition) is 3. The first-order valence-electron chi connectivity index (χ1n) is 8.13. The highest BCUT2D eigenvalue weighted by Gasteiger charge is 2.34. The first-order valence-corrected chi connectivity index (χ1v) is 8.13. The van der Waals surface area contributed by atoms with Crippen molar-refractivity contribution in [1.82, 2.24) is 10.6 Å². The van der Waals surface area contributed by atoms with Gasteiger partial charge >= 0.3 is 6.03 Å². The predicted octanol–water partition coefficient (Wildman–Crippen LogP) is 1.78. The summed E-state index contributed by atoms with van der Waals surface area (Å²) in [6.07, 6.45) is 4.90. The Morgan fingerprint density at radius 3 is 2.86 bits per heavy atom. The second-order valence-corrected chi connectivity index (χ2v) is 6.60. The molecule has 2 amide bonds. The minimum absolute atomic E-state index is 0.213. The minimum atomic E-state index is -0.673. The molecule has 5 heteroatoms. The normalized spacial score (nSPS) is 19.1. The van der Waals surface area contributed by atoms with Crippen LogP contribution in [0.25, 0.3) is 0 Å². The van der Waals surface area contributed by atoms with Crippen LogP contribution in [-0.4, -0.2) is 36.9 Å². The molecule has 1 aromatic rings. The molecule has 0 spiro atoms. The lowest BCUT2D eigenvalue weighted by atomic mass is 9.80. The molecule has 1 aromatic carbocycles. The molecule has 0 radical (unpaired) electrons. The van der Waals surface area contributed by atoms with E-state index >= 15 is 0 Å². The molecule has 1 saturated carbocycles. The number of carbonyl (C=O) groups is 1. The van der Waals surface area contributed by atoms with E-state index in [1.54, 1.807) is 0 Å². The van der Waals surface area contributed by atoms with E-state index in [0.29, 0.717) is 13.1 Å². The molecule has 22 heavy (non-hydrogen) atoms. The number of aliphatic hydroxyl groups is 1. The van der Waals surface area contributed by atoms with Crippen LogP contribution >= 0.6 is 0 Å². The molecule has 1 aliphatic carbocycles. The van der Waals surface area contributed by atoms with Crippen LogP contribution in [0.5, 0.6) is 0 Å². The third kappa shape index (κ3) is 3.35. The summed E-state index contributed by atoms with van der Waals surface area (Å²) in [7, 11) is 2.12. The van der Waals surface area contributed by atoms with Crippen molar-refractivity contribution >= 4 is 11.7 Å². The van der Waals surface area contributed by atoms with Gasteiger partial charge in [0.15, 0.2) is 0 Å². The van der Waals surface area contributed by atoms with E-state index < -0.39 is 5.60 Å². The van der Waals surface area contributed by atoms with Gasteiger partial charge in [-0.1, -0.05) is 12.1 Å². The molecule has 2 aliphatic rings. The zero-order chi connectivity index (χ0) is 15.6. The van der Waals surface area contributed by atoms with E-state index in [9.17, 15) is 9.90 Å². The number of amides is 2. The zero-order valence-corrected chi connectivity index (χ0v) is 13.2. The number of benzene rings is 1. The van der Waals surface area contributed by atoms with Gasteiger partial charge < -0.3 is 20.6 Å². The van der Waals surface area contributed by atoms with Gasteiger partial charge in [-0.2, -0.15) is 0 Å². The first-order chi connectivity index (χ1) is 10.6. The van der Waals surface area contributed by atoms with Gasteiger partial charge in [0.25, 0.3) is 0 Å². The van der Waals surface area contributed by atoms with Gasteiger partial charge in [0.1, 0.15) is 0 Å². The molecular formula is C17H25N3O2. The average molecular weight is 303 g/mol. The Bertz CT molecular complexity index is 555. The summed E-state index contributed by atoms with van der Waals surface area (Å²) in [5.41, 5.74) is 3.10. The molecule has 1 heterocycles. The zero-order valence-electron chi connectivity index (χ0n) is 13.2. The Kier molecular flexibility index (Phi) is 4.25. The van der Waals surface area contributed by atoms with Crippen LogP contribution in [0.4, 0.5) is 10.5 Å². The maximum Gasteiger partial charge on any atom is 0.315 e. The van der Waals surface area contributed by atoms with Crippen LogP contribution in [0.15, 0.2) is 18.2 Å². The van der Waals surface area contributed by atoms with Crippen molar-refractivity contribution in [3.8, 4) is 0 Å². The summed E-state index contributed by atoms with van der Waals surface area (Å²) in [6.45, 7) is 1.96. The van der Waals surface area contributed by atoms with Gasteiger partial charge in [0.05, 0.1) is 5.60 Å². The SMILES string of the molecule is CN1CCCc2cc(CNC(=O)NCC3(O)CCC3)ccc21. The maximum atomic E-state index is 11.8. The lowest BCUT2D eigenvalue weighted by Crippen LogP contribution is -2.49. The Labute approximate surface area is 131 Å². The van der Waals surface area contributed by atoms with Crippen molar-refractivity contribution in [2.45, 2.75) is 44.2 Å². The highest BCUT2D eigenvalue weighted by Crippen LogP contribution is 2.30. The second kappa shape index (κ2) is 6.16. The lowest BCUT2D eigenvalue weighted by molar-refractivity contribution is -0.0290. The van der Waals surface area contributed by atoms with Crippen LogP contribution in [0, 0.1) is 0 Å². The molecule has 120 valence electrons. The largest absolute Gasteiger partial charge is 0.388 e. The molecular weight excluding hydrogens is 278 g/mol. The smallest absolute Gasteiger partial charge is 0.315 e. The Morgan fingerprint density at radius 2 is 2.14 bits per heavy atom. The maximum absolute atomic E-state index is 11.8. The third-order valence-corrected chi connectivity index (χ3v) is 4.81. The summed E-state index contributed by atoms with van der Waals surface area (Å²) in [5.74, 6) is 0. The number of urea groups is 1. The molecule has 1 fully saturated rings. The predicted molar refractivity (Wildman–Crippen MR) is 87.1 cm³/mol. The molecule has 3 N–H and O–H groups in total. The third-order valence-electron chi connectivity index (χ3n) is 4.81. The highest BCUT2D eigenvalue weighted by atomic mass is 16.3. The molecule has 0 unspecified atom stereocenters. The van der Waals surface area contributed by atoms with Gasteiger partial charge in [-0.3, -0.25) is 0 Å². The highest BCUT2D eigenvalue weighted by molar-refractivity contribution is 5.74. The monoisotopic (exact) mass is 303 g/mol. The number of nitrogens with one attached hydrogen (secondary N) is 2. The summed E-state index contributed by atoms with van der Waals surface area (Å²) in [6, 6.07) is 6.18. The molecule has 0 aromatic heterocycles. The van der Waals surface area contributed by atoms with Crippen molar-refractivity contribution in [2.75, 3.05) is 25.0 Å². The molecule has 1 aliphatic heterocycles. The van der Waals surface area contributed by atoms with Crippen LogP contribution < -0.4 is 15.5 Å². The Morgan fingerprint density at radius 1 is 1.32 bits per heavy atom. The van der Waals surface area contributed by atoms with Crippen molar-refractivity contribution in [3.63, 3.8) is 0 Å². The van der Waals surface area contributed by atoms with Gasteiger partial charge in [0, 0.05) is 32.4 Å². The van der Waals surface area contributed by atoms with Crippen molar-refractivity contribution < 1.29 is 9.90 Å². The molecule has 0 saturated heterocycles. The van der Waals surface area contributed by atoms with E-state index in [-0.39, 0.29) is 6.03 Å². The summed E-state index contributed by atoms with van der Waals surface area (Å²) < 4.78 is 0. The summed E-state index contributed by atoms with van der Waals surface area (Å²) in [4.78, 5) is 14.1. The van der Waals surface area contributed by atoms with Crippen molar-refractivity contribution in [1.29, 1.82) is 0 Å². The van der Waals surface area contributed by atoms with Crippen LogP contribution in [-0.2, 0) is 13.0 Å². The topological polar surface area (TPSA) is 64.6 Å². The quantitative estimate of drug-likeness (QED) is 0.794. The first kappa shape index (κ1) is 15.2. The number of anilines is 1. The number of hydrogen-bond donors (Lipinski definition) is 3. The van der Waals surface area contributed by atoms with Crippen molar-refractivity contribution in [2.24, 2.45) is 0 Å². The Hall–Kier alpha value is -1.75. The fraction of sp³-hybridized carbons (Fsp3) is 0.588. The van der Waals surface area contributed by atoms with E-state index in [1.165, 1.54) is 17.7 Å². The van der Waals surface area contributed by atoms with Gasteiger partial charge in [-0.05, 0) is 49.3 Å². The molecule has 3 rings (SSSR count). The number of aryl methyl sites for hydroxylation is 1. The van der Waals surface area contributed by atoms with Crippen LogP contribution in [0.3, 0.4) is 0 Å². The number of nitrogens with zero attached hydrogens (tertiary/aromatic N) is 1. The van der Waals surface area contributed by atoms with E-state index in [1.807, 2.05) is 0 Å².